The molecule has 0 radical (unpaired) electrons. The molecule has 2 aliphatic rings. The number of fused-ring (bicyclic) bond motifs is 1. The molecular formula is C20H29Cl2N3O2. The number of halogens is 2. The molecule has 0 N–H and O–H groups in total. The summed E-state index contributed by atoms with van der Waals surface area (Å²) in [6, 6.07) is 4.65. The second-order valence-electron chi connectivity index (χ2n) is 7.25. The second kappa shape index (κ2) is 10.4. The topological polar surface area (TPSA) is 41.7 Å². The molecule has 0 bridgehead atoms. The van der Waals surface area contributed by atoms with Gasteiger partial charge in [-0.15, -0.1) is 24.8 Å². The van der Waals surface area contributed by atoms with Gasteiger partial charge in [-0.3, -0.25) is 14.8 Å². The third-order valence-corrected chi connectivity index (χ3v) is 5.41. The van der Waals surface area contributed by atoms with Crippen LogP contribution in [-0.2, 0) is 30.8 Å². The summed E-state index contributed by atoms with van der Waals surface area (Å²) in [6.45, 7) is 5.73. The number of pyridine rings is 1. The van der Waals surface area contributed by atoms with Gasteiger partial charge in [0.15, 0.2) is 0 Å². The smallest absolute Gasteiger partial charge is 0.117 e. The van der Waals surface area contributed by atoms with E-state index in [1.54, 1.807) is 6.26 Å². The highest BCUT2D eigenvalue weighted by Crippen LogP contribution is 2.26. The summed E-state index contributed by atoms with van der Waals surface area (Å²) in [5.41, 5.74) is 4.27. The van der Waals surface area contributed by atoms with Gasteiger partial charge in [0.05, 0.1) is 12.8 Å². The van der Waals surface area contributed by atoms with Crippen molar-refractivity contribution in [1.29, 1.82) is 0 Å². The van der Waals surface area contributed by atoms with Crippen LogP contribution >= 0.6 is 24.8 Å². The van der Waals surface area contributed by atoms with Crippen LogP contribution in [0.5, 0.6) is 0 Å². The molecule has 1 fully saturated rings. The summed E-state index contributed by atoms with van der Waals surface area (Å²) in [5.74, 6) is 1.01. The Balaban J connectivity index is 0.00000131. The highest BCUT2D eigenvalue weighted by Gasteiger charge is 2.26. The van der Waals surface area contributed by atoms with Crippen molar-refractivity contribution in [1.82, 2.24) is 14.8 Å². The van der Waals surface area contributed by atoms with E-state index in [1.165, 1.54) is 16.7 Å². The molecule has 7 heteroatoms. The molecular weight excluding hydrogens is 385 g/mol. The Kier molecular flexibility index (Phi) is 8.58. The molecule has 27 heavy (non-hydrogen) atoms. The Labute approximate surface area is 173 Å². The van der Waals surface area contributed by atoms with Crippen molar-refractivity contribution in [3.8, 4) is 0 Å². The second-order valence-corrected chi connectivity index (χ2v) is 7.25. The van der Waals surface area contributed by atoms with Crippen LogP contribution in [0.1, 0.15) is 35.3 Å². The van der Waals surface area contributed by atoms with Crippen LogP contribution in [0.4, 0.5) is 0 Å². The number of hydrogen-bond acceptors (Lipinski definition) is 5. The van der Waals surface area contributed by atoms with Crippen molar-refractivity contribution in [3.63, 3.8) is 0 Å². The number of ether oxygens (including phenoxy) is 1. The number of nitrogens with zero attached hydrogens (tertiary/aromatic N) is 3. The normalized spacial score (nSPS) is 17.9. The predicted octanol–water partition coefficient (Wildman–Crippen LogP) is 3.69. The minimum atomic E-state index is 0. The number of furan rings is 1. The van der Waals surface area contributed by atoms with Crippen molar-refractivity contribution in [2.45, 2.75) is 44.9 Å². The van der Waals surface area contributed by atoms with E-state index in [9.17, 15) is 0 Å². The van der Waals surface area contributed by atoms with Crippen molar-refractivity contribution in [3.05, 3.63) is 53.2 Å². The molecule has 0 aromatic carbocycles. The van der Waals surface area contributed by atoms with Crippen molar-refractivity contribution >= 4 is 24.8 Å². The fourth-order valence-electron chi connectivity index (χ4n) is 4.10. The van der Waals surface area contributed by atoms with E-state index in [2.05, 4.69) is 28.0 Å². The Hall–Kier alpha value is -1.11. The van der Waals surface area contributed by atoms with E-state index < -0.39 is 0 Å². The van der Waals surface area contributed by atoms with Crippen molar-refractivity contribution in [2.24, 2.45) is 0 Å². The molecule has 2 aromatic heterocycles. The quantitative estimate of drug-likeness (QED) is 0.747. The SMILES string of the molecule is CN(Cc1ccco1)Cc1cncc2c1CCN(C1CCOCC1)C2.Cl.Cl. The fourth-order valence-corrected chi connectivity index (χ4v) is 4.10. The minimum absolute atomic E-state index is 0. The monoisotopic (exact) mass is 413 g/mol. The predicted molar refractivity (Wildman–Crippen MR) is 111 cm³/mol. The highest BCUT2D eigenvalue weighted by atomic mass is 35.5. The van der Waals surface area contributed by atoms with Gasteiger partial charge in [0.25, 0.3) is 0 Å². The summed E-state index contributed by atoms with van der Waals surface area (Å²) in [5, 5.41) is 0. The third kappa shape index (κ3) is 5.46. The zero-order valence-electron chi connectivity index (χ0n) is 15.8. The maximum Gasteiger partial charge on any atom is 0.117 e. The van der Waals surface area contributed by atoms with Gasteiger partial charge in [-0.1, -0.05) is 0 Å². The summed E-state index contributed by atoms with van der Waals surface area (Å²) >= 11 is 0. The standard InChI is InChI=1S/C20H27N3O2.2ClH/c1-22(15-19-3-2-8-25-19)13-16-11-21-12-17-14-23(7-4-20(16)17)18-5-9-24-10-6-18;;/h2-3,8,11-12,18H,4-7,9-10,13-15H2,1H3;2*1H. The van der Waals surface area contributed by atoms with Gasteiger partial charge in [-0.25, -0.2) is 0 Å². The molecule has 4 heterocycles. The third-order valence-electron chi connectivity index (χ3n) is 5.41. The zero-order valence-corrected chi connectivity index (χ0v) is 17.4. The number of rotatable bonds is 5. The summed E-state index contributed by atoms with van der Waals surface area (Å²) < 4.78 is 11.0. The van der Waals surface area contributed by atoms with E-state index >= 15 is 0 Å². The van der Waals surface area contributed by atoms with Crippen molar-refractivity contribution in [2.75, 3.05) is 26.8 Å². The van der Waals surface area contributed by atoms with Gasteiger partial charge in [-0.2, -0.15) is 0 Å². The van der Waals surface area contributed by atoms with E-state index in [1.807, 2.05) is 18.3 Å². The summed E-state index contributed by atoms with van der Waals surface area (Å²) in [6.07, 6.45) is 9.29. The lowest BCUT2D eigenvalue weighted by atomic mass is 9.94. The van der Waals surface area contributed by atoms with E-state index in [0.29, 0.717) is 6.04 Å². The molecule has 2 aromatic rings. The number of aromatic nitrogens is 1. The van der Waals surface area contributed by atoms with Gasteiger partial charge in [0.1, 0.15) is 5.76 Å². The largest absolute Gasteiger partial charge is 0.468 e. The molecule has 0 amide bonds. The Morgan fingerprint density at radius 1 is 1.19 bits per heavy atom. The highest BCUT2D eigenvalue weighted by molar-refractivity contribution is 5.85. The molecule has 0 saturated carbocycles. The van der Waals surface area contributed by atoms with Gasteiger partial charge in [0.2, 0.25) is 0 Å². The average Bonchev–Trinajstić information content (AvgIpc) is 3.15. The Bertz CT molecular complexity index is 691. The zero-order chi connectivity index (χ0) is 17.1. The van der Waals surface area contributed by atoms with Gasteiger partial charge in [-0.05, 0) is 55.1 Å². The molecule has 0 spiro atoms. The first-order valence-corrected chi connectivity index (χ1v) is 9.27. The summed E-state index contributed by atoms with van der Waals surface area (Å²) in [7, 11) is 2.14. The van der Waals surface area contributed by atoms with Crippen LogP contribution in [0.25, 0.3) is 0 Å². The fraction of sp³-hybridized carbons (Fsp3) is 0.550. The molecule has 0 atom stereocenters. The Morgan fingerprint density at radius 3 is 2.74 bits per heavy atom. The first kappa shape index (κ1) is 22.2. The first-order chi connectivity index (χ1) is 12.3. The molecule has 1 saturated heterocycles. The molecule has 0 unspecified atom stereocenters. The van der Waals surface area contributed by atoms with E-state index in [-0.39, 0.29) is 24.8 Å². The molecule has 4 rings (SSSR count). The maximum atomic E-state index is 5.51. The van der Waals surface area contributed by atoms with Crippen LogP contribution in [0.3, 0.4) is 0 Å². The lowest BCUT2D eigenvalue weighted by Gasteiger charge is -2.38. The maximum absolute atomic E-state index is 5.51. The Morgan fingerprint density at radius 2 is 2.00 bits per heavy atom. The van der Waals surface area contributed by atoms with Gasteiger partial charge in [0, 0.05) is 51.3 Å². The van der Waals surface area contributed by atoms with Crippen LogP contribution in [-0.4, -0.2) is 47.6 Å². The average molecular weight is 414 g/mol. The molecule has 150 valence electrons. The lowest BCUT2D eigenvalue weighted by molar-refractivity contribution is 0.0289. The minimum Gasteiger partial charge on any atom is -0.468 e. The summed E-state index contributed by atoms with van der Waals surface area (Å²) in [4.78, 5) is 9.45. The van der Waals surface area contributed by atoms with E-state index in [0.717, 1.165) is 64.4 Å². The number of hydrogen-bond donors (Lipinski definition) is 0. The lowest BCUT2D eigenvalue weighted by Crippen LogP contribution is -2.42. The van der Waals surface area contributed by atoms with Gasteiger partial charge >= 0.3 is 0 Å². The van der Waals surface area contributed by atoms with Crippen LogP contribution in [0, 0.1) is 0 Å². The molecule has 0 aliphatic carbocycles. The van der Waals surface area contributed by atoms with E-state index in [4.69, 9.17) is 9.15 Å². The van der Waals surface area contributed by atoms with Crippen molar-refractivity contribution < 1.29 is 9.15 Å². The first-order valence-electron chi connectivity index (χ1n) is 9.27. The van der Waals surface area contributed by atoms with Crippen LogP contribution in [0.15, 0.2) is 35.2 Å². The van der Waals surface area contributed by atoms with Crippen LogP contribution < -0.4 is 0 Å². The molecule has 5 nitrogen and oxygen atoms in total. The van der Waals surface area contributed by atoms with Gasteiger partial charge < -0.3 is 9.15 Å². The van der Waals surface area contributed by atoms with Crippen LogP contribution in [0.2, 0.25) is 0 Å². The molecule has 2 aliphatic heterocycles.